The van der Waals surface area contributed by atoms with Crippen LogP contribution in [0.4, 0.5) is 0 Å². The molecule has 0 bridgehead atoms. The van der Waals surface area contributed by atoms with Gasteiger partial charge in [0.1, 0.15) is 40.8 Å². The van der Waals surface area contributed by atoms with Crippen LogP contribution in [-0.2, 0) is 4.74 Å². The first-order valence-corrected chi connectivity index (χ1v) is 9.50. The number of hydrogen-bond acceptors (Lipinski definition) is 11. The largest absolute Gasteiger partial charge is 0.508 e. The zero-order chi connectivity index (χ0) is 23.3. The number of phenolic OH excluding ortho intramolecular Hbond substituents is 4. The molecular formula is C21H20O11. The Kier molecular flexibility index (Phi) is 5.34. The van der Waals surface area contributed by atoms with Crippen LogP contribution in [0.2, 0.25) is 0 Å². The predicted molar refractivity (Wildman–Crippen MR) is 108 cm³/mol. The Hall–Kier alpha value is -3.51. The van der Waals surface area contributed by atoms with E-state index in [1.165, 1.54) is 13.0 Å². The lowest BCUT2D eigenvalue weighted by Gasteiger charge is -2.19. The Morgan fingerprint density at radius 3 is 2.31 bits per heavy atom. The highest BCUT2D eigenvalue weighted by atomic mass is 16.7. The third-order valence-electron chi connectivity index (χ3n) is 5.12. The summed E-state index contributed by atoms with van der Waals surface area (Å²) in [4.78, 5) is 13.2. The van der Waals surface area contributed by atoms with Crippen LogP contribution >= 0.6 is 0 Å². The van der Waals surface area contributed by atoms with Crippen LogP contribution < -0.4 is 10.2 Å². The highest BCUT2D eigenvalue weighted by Gasteiger charge is 2.47. The third-order valence-corrected chi connectivity index (χ3v) is 5.12. The molecule has 3 aromatic rings. The van der Waals surface area contributed by atoms with Crippen molar-refractivity contribution in [1.82, 2.24) is 0 Å². The molecule has 0 aliphatic carbocycles. The van der Waals surface area contributed by atoms with Gasteiger partial charge in [0, 0.05) is 17.7 Å². The first-order chi connectivity index (χ1) is 15.1. The standard InChI is InChI=1S/C21H20O11/c1-7(22)18-16(28)17(29)21(31-18)32-20-15(27)14-12(26)5-9(23)6-13(14)30-19(20)8-2-3-10(24)11(25)4-8/h2-7,16-18,21-26,28-29H,1H3/t7-,16+,17-,18-,21+/m1/s1. The predicted octanol–water partition coefficient (Wildman–Crippen LogP) is 0.489. The fraction of sp³-hybridized carbons (Fsp3) is 0.286. The molecule has 0 radical (unpaired) electrons. The maximum Gasteiger partial charge on any atom is 0.239 e. The van der Waals surface area contributed by atoms with Crippen molar-refractivity contribution in [2.45, 2.75) is 37.6 Å². The van der Waals surface area contributed by atoms with Gasteiger partial charge in [0.05, 0.1) is 6.10 Å². The molecule has 11 nitrogen and oxygen atoms in total. The Morgan fingerprint density at radius 1 is 0.969 bits per heavy atom. The average Bonchev–Trinajstić information content (AvgIpc) is 3.00. The van der Waals surface area contributed by atoms with E-state index in [1.807, 2.05) is 0 Å². The molecule has 4 rings (SSSR count). The minimum atomic E-state index is -1.64. The molecule has 1 aliphatic heterocycles. The molecule has 0 amide bonds. The smallest absolute Gasteiger partial charge is 0.239 e. The zero-order valence-electron chi connectivity index (χ0n) is 16.5. The summed E-state index contributed by atoms with van der Waals surface area (Å²) < 4.78 is 16.6. The first-order valence-electron chi connectivity index (χ1n) is 9.50. The van der Waals surface area contributed by atoms with Gasteiger partial charge in [0.15, 0.2) is 17.3 Å². The Labute approximate surface area is 179 Å². The molecule has 1 saturated heterocycles. The van der Waals surface area contributed by atoms with Gasteiger partial charge in [-0.3, -0.25) is 4.79 Å². The van der Waals surface area contributed by atoms with Gasteiger partial charge in [-0.25, -0.2) is 0 Å². The molecular weight excluding hydrogens is 428 g/mol. The highest BCUT2D eigenvalue weighted by Crippen LogP contribution is 2.39. The molecule has 1 aromatic heterocycles. The summed E-state index contributed by atoms with van der Waals surface area (Å²) in [5.74, 6) is -2.79. The van der Waals surface area contributed by atoms with E-state index in [0.717, 1.165) is 24.3 Å². The number of ether oxygens (including phenoxy) is 2. The number of fused-ring (bicyclic) bond motifs is 1. The van der Waals surface area contributed by atoms with E-state index < -0.39 is 59.1 Å². The average molecular weight is 448 g/mol. The number of aromatic hydroxyl groups is 4. The quantitative estimate of drug-likeness (QED) is 0.275. The molecule has 0 spiro atoms. The normalized spacial score (nSPS) is 24.0. The molecule has 2 aromatic carbocycles. The molecule has 2 heterocycles. The third kappa shape index (κ3) is 3.56. The second kappa shape index (κ2) is 7.88. The van der Waals surface area contributed by atoms with Crippen molar-refractivity contribution >= 4 is 11.0 Å². The minimum absolute atomic E-state index is 0.0669. The Balaban J connectivity index is 1.91. The Bertz CT molecular complexity index is 1230. The van der Waals surface area contributed by atoms with Crippen LogP contribution in [0.5, 0.6) is 28.7 Å². The van der Waals surface area contributed by atoms with Crippen LogP contribution in [0.3, 0.4) is 0 Å². The molecule has 1 fully saturated rings. The van der Waals surface area contributed by atoms with Crippen molar-refractivity contribution in [2.75, 3.05) is 0 Å². The molecule has 5 atom stereocenters. The molecule has 11 heteroatoms. The second-order valence-electron chi connectivity index (χ2n) is 7.44. The second-order valence-corrected chi connectivity index (χ2v) is 7.44. The lowest BCUT2D eigenvalue weighted by atomic mass is 10.1. The van der Waals surface area contributed by atoms with Crippen LogP contribution in [0, 0.1) is 0 Å². The number of rotatable bonds is 4. The lowest BCUT2D eigenvalue weighted by molar-refractivity contribution is -0.129. The zero-order valence-corrected chi connectivity index (χ0v) is 16.5. The van der Waals surface area contributed by atoms with Crippen molar-refractivity contribution in [1.29, 1.82) is 0 Å². The molecule has 7 N–H and O–H groups in total. The monoisotopic (exact) mass is 448 g/mol. The molecule has 170 valence electrons. The Morgan fingerprint density at radius 2 is 1.69 bits per heavy atom. The summed E-state index contributed by atoms with van der Waals surface area (Å²) in [7, 11) is 0. The number of aliphatic hydroxyl groups excluding tert-OH is 3. The van der Waals surface area contributed by atoms with Gasteiger partial charge in [-0.2, -0.15) is 0 Å². The number of benzene rings is 2. The summed E-state index contributed by atoms with van der Waals surface area (Å²) in [6.45, 7) is 1.34. The van der Waals surface area contributed by atoms with Crippen LogP contribution in [0.1, 0.15) is 6.92 Å². The maximum absolute atomic E-state index is 13.2. The van der Waals surface area contributed by atoms with E-state index in [1.54, 1.807) is 0 Å². The van der Waals surface area contributed by atoms with Gasteiger partial charge in [0.2, 0.25) is 17.5 Å². The summed E-state index contributed by atoms with van der Waals surface area (Å²) in [6.07, 6.45) is -7.11. The summed E-state index contributed by atoms with van der Waals surface area (Å²) in [5.41, 5.74) is -1.05. The molecule has 0 saturated carbocycles. The van der Waals surface area contributed by atoms with Crippen molar-refractivity contribution < 1.29 is 49.6 Å². The fourth-order valence-electron chi connectivity index (χ4n) is 3.51. The van der Waals surface area contributed by atoms with E-state index in [0.29, 0.717) is 0 Å². The molecule has 0 unspecified atom stereocenters. The molecule has 32 heavy (non-hydrogen) atoms. The van der Waals surface area contributed by atoms with E-state index >= 15 is 0 Å². The topological polar surface area (TPSA) is 190 Å². The SMILES string of the molecule is C[C@@H](O)[C@H]1O[C@@H](Oc2c(-c3ccc(O)c(O)c3)oc3cc(O)cc(O)c3c2=O)[C@H](O)[C@@H]1O. The van der Waals surface area contributed by atoms with Gasteiger partial charge in [-0.15, -0.1) is 0 Å². The summed E-state index contributed by atoms with van der Waals surface area (Å²) in [5, 5.41) is 69.1. The van der Waals surface area contributed by atoms with Crippen LogP contribution in [0.15, 0.2) is 39.5 Å². The first kappa shape index (κ1) is 21.7. The van der Waals surface area contributed by atoms with Crippen LogP contribution in [-0.4, -0.2) is 66.5 Å². The summed E-state index contributed by atoms with van der Waals surface area (Å²) in [6, 6.07) is 5.51. The highest BCUT2D eigenvalue weighted by molar-refractivity contribution is 5.88. The summed E-state index contributed by atoms with van der Waals surface area (Å²) >= 11 is 0. The number of phenols is 4. The van der Waals surface area contributed by atoms with Crippen molar-refractivity contribution in [2.24, 2.45) is 0 Å². The van der Waals surface area contributed by atoms with Gasteiger partial charge in [-0.1, -0.05) is 0 Å². The van der Waals surface area contributed by atoms with Crippen molar-refractivity contribution in [3.8, 4) is 40.1 Å². The minimum Gasteiger partial charge on any atom is -0.508 e. The van der Waals surface area contributed by atoms with Gasteiger partial charge in [-0.05, 0) is 25.1 Å². The van der Waals surface area contributed by atoms with Crippen LogP contribution in [0.25, 0.3) is 22.3 Å². The van der Waals surface area contributed by atoms with E-state index in [2.05, 4.69) is 0 Å². The molecule has 1 aliphatic rings. The van der Waals surface area contributed by atoms with E-state index in [4.69, 9.17) is 13.9 Å². The van der Waals surface area contributed by atoms with Crippen molar-refractivity contribution in [3.63, 3.8) is 0 Å². The maximum atomic E-state index is 13.2. The van der Waals surface area contributed by atoms with E-state index in [-0.39, 0.29) is 28.0 Å². The lowest BCUT2D eigenvalue weighted by Crippen LogP contribution is -2.38. The van der Waals surface area contributed by atoms with Gasteiger partial charge in [0.25, 0.3) is 0 Å². The van der Waals surface area contributed by atoms with Gasteiger partial charge >= 0.3 is 0 Å². The van der Waals surface area contributed by atoms with E-state index in [9.17, 15) is 40.5 Å². The fourth-order valence-corrected chi connectivity index (χ4v) is 3.51. The van der Waals surface area contributed by atoms with Crippen molar-refractivity contribution in [3.05, 3.63) is 40.6 Å². The number of hydrogen-bond donors (Lipinski definition) is 7. The van der Waals surface area contributed by atoms with Gasteiger partial charge < -0.3 is 49.6 Å². The number of aliphatic hydroxyl groups is 3.